The zero-order chi connectivity index (χ0) is 19.1. The van der Waals surface area contributed by atoms with Gasteiger partial charge in [-0.05, 0) is 61.4 Å². The summed E-state index contributed by atoms with van der Waals surface area (Å²) in [5, 5.41) is 0. The number of fused-ring (bicyclic) bond motifs is 3. The Bertz CT molecular complexity index is 882. The molecule has 2 saturated heterocycles. The van der Waals surface area contributed by atoms with Gasteiger partial charge in [-0.3, -0.25) is 4.79 Å². The fourth-order valence-electron chi connectivity index (χ4n) is 5.09. The first-order valence-electron chi connectivity index (χ1n) is 10.1. The van der Waals surface area contributed by atoms with Crippen LogP contribution in [-0.4, -0.2) is 43.2 Å². The van der Waals surface area contributed by atoms with Gasteiger partial charge in [0.15, 0.2) is 11.5 Å². The van der Waals surface area contributed by atoms with Crippen LogP contribution in [0.25, 0.3) is 0 Å². The van der Waals surface area contributed by atoms with E-state index in [9.17, 15) is 4.79 Å². The highest BCUT2D eigenvalue weighted by atomic mass is 16.6. The van der Waals surface area contributed by atoms with Gasteiger partial charge < -0.3 is 19.1 Å². The van der Waals surface area contributed by atoms with E-state index in [4.69, 9.17) is 14.2 Å². The Morgan fingerprint density at radius 1 is 1.00 bits per heavy atom. The van der Waals surface area contributed by atoms with Crippen molar-refractivity contribution in [2.75, 3.05) is 20.3 Å². The van der Waals surface area contributed by atoms with Crippen LogP contribution in [0, 0.1) is 0 Å². The average Bonchev–Trinajstić information content (AvgIpc) is 3.02. The number of carbonyl (C=O) groups is 1. The van der Waals surface area contributed by atoms with E-state index in [2.05, 4.69) is 17.0 Å². The Kier molecular flexibility index (Phi) is 4.38. The molecule has 2 atom stereocenters. The van der Waals surface area contributed by atoms with E-state index in [1.165, 1.54) is 5.56 Å². The topological polar surface area (TPSA) is 48.0 Å². The summed E-state index contributed by atoms with van der Waals surface area (Å²) in [7, 11) is 1.73. The highest BCUT2D eigenvalue weighted by Gasteiger charge is 2.44. The standard InChI is InChI=1S/C23H25NO4/c1-26-20-5-3-2-4-19(20)16-12-17-7-8-18(13-16)24(17)23(25)15-6-9-21-22(14-15)28-11-10-27-21/h2-6,9,14,16-18H,7-8,10-13H2,1H3. The SMILES string of the molecule is COc1ccccc1C1CC2CCC(C1)N2C(=O)c1ccc2c(c1)OCCO2. The molecule has 0 saturated carbocycles. The largest absolute Gasteiger partial charge is 0.496 e. The molecule has 0 aromatic heterocycles. The van der Waals surface area contributed by atoms with Crippen LogP contribution in [0.2, 0.25) is 0 Å². The highest BCUT2D eigenvalue weighted by Crippen LogP contribution is 2.46. The molecule has 0 radical (unpaired) electrons. The molecular formula is C23H25NO4. The summed E-state index contributed by atoms with van der Waals surface area (Å²) in [6, 6.07) is 14.4. The van der Waals surface area contributed by atoms with E-state index in [1.54, 1.807) is 7.11 Å². The van der Waals surface area contributed by atoms with Crippen molar-refractivity contribution < 1.29 is 19.0 Å². The first-order valence-corrected chi connectivity index (χ1v) is 10.1. The van der Waals surface area contributed by atoms with Gasteiger partial charge in [0.05, 0.1) is 7.11 Å². The lowest BCUT2D eigenvalue weighted by Crippen LogP contribution is -2.46. The average molecular weight is 379 g/mol. The number of amides is 1. The molecule has 3 aliphatic rings. The molecule has 2 fully saturated rings. The maximum Gasteiger partial charge on any atom is 0.254 e. The van der Waals surface area contributed by atoms with Gasteiger partial charge in [-0.25, -0.2) is 0 Å². The quantitative estimate of drug-likeness (QED) is 0.808. The van der Waals surface area contributed by atoms with E-state index in [0.717, 1.165) is 37.2 Å². The molecule has 3 heterocycles. The number of rotatable bonds is 3. The molecule has 5 rings (SSSR count). The van der Waals surface area contributed by atoms with Crippen LogP contribution in [0.1, 0.15) is 47.5 Å². The van der Waals surface area contributed by atoms with Crippen LogP contribution in [0.5, 0.6) is 17.2 Å². The Morgan fingerprint density at radius 2 is 1.71 bits per heavy atom. The first-order chi connectivity index (χ1) is 13.7. The molecule has 0 aliphatic carbocycles. The molecule has 3 aliphatic heterocycles. The second-order valence-electron chi connectivity index (χ2n) is 7.87. The predicted octanol–water partition coefficient (Wildman–Crippen LogP) is 4.02. The number of carbonyl (C=O) groups excluding carboxylic acids is 1. The minimum atomic E-state index is 0.114. The number of benzene rings is 2. The molecule has 2 unspecified atom stereocenters. The Balaban J connectivity index is 1.37. The van der Waals surface area contributed by atoms with Gasteiger partial charge in [0, 0.05) is 17.6 Å². The third-order valence-electron chi connectivity index (χ3n) is 6.34. The smallest absolute Gasteiger partial charge is 0.254 e. The van der Waals surface area contributed by atoms with Crippen molar-refractivity contribution in [2.24, 2.45) is 0 Å². The lowest BCUT2D eigenvalue weighted by atomic mass is 9.84. The van der Waals surface area contributed by atoms with Crippen molar-refractivity contribution in [3.8, 4) is 17.2 Å². The Hall–Kier alpha value is -2.69. The number of hydrogen-bond donors (Lipinski definition) is 0. The number of hydrogen-bond acceptors (Lipinski definition) is 4. The first kappa shape index (κ1) is 17.4. The molecule has 1 amide bonds. The maximum absolute atomic E-state index is 13.3. The van der Waals surface area contributed by atoms with Gasteiger partial charge in [-0.2, -0.15) is 0 Å². The van der Waals surface area contributed by atoms with E-state index < -0.39 is 0 Å². The predicted molar refractivity (Wildman–Crippen MR) is 105 cm³/mol. The van der Waals surface area contributed by atoms with Crippen molar-refractivity contribution in [2.45, 2.75) is 43.7 Å². The number of methoxy groups -OCH3 is 1. The van der Waals surface area contributed by atoms with Crippen LogP contribution < -0.4 is 14.2 Å². The number of nitrogens with zero attached hydrogens (tertiary/aromatic N) is 1. The van der Waals surface area contributed by atoms with Crippen LogP contribution in [0.3, 0.4) is 0 Å². The van der Waals surface area contributed by atoms with Gasteiger partial charge in [0.2, 0.25) is 0 Å². The van der Waals surface area contributed by atoms with Crippen LogP contribution in [0.15, 0.2) is 42.5 Å². The van der Waals surface area contributed by atoms with E-state index in [0.29, 0.717) is 30.4 Å². The van der Waals surface area contributed by atoms with Crippen molar-refractivity contribution >= 4 is 5.91 Å². The van der Waals surface area contributed by atoms with Crippen LogP contribution in [0.4, 0.5) is 0 Å². The molecule has 146 valence electrons. The molecule has 0 spiro atoms. The third-order valence-corrected chi connectivity index (χ3v) is 6.34. The fraction of sp³-hybridized carbons (Fsp3) is 0.435. The van der Waals surface area contributed by atoms with Crippen molar-refractivity contribution in [1.29, 1.82) is 0 Å². The number of ether oxygens (including phenoxy) is 3. The second kappa shape index (κ2) is 7.04. The summed E-state index contributed by atoms with van der Waals surface area (Å²) in [5.41, 5.74) is 1.96. The summed E-state index contributed by atoms with van der Waals surface area (Å²) >= 11 is 0. The van der Waals surface area contributed by atoms with Crippen molar-refractivity contribution in [1.82, 2.24) is 4.90 Å². The van der Waals surface area contributed by atoms with Gasteiger partial charge in [0.1, 0.15) is 19.0 Å². The van der Waals surface area contributed by atoms with Crippen LogP contribution in [-0.2, 0) is 0 Å². The Morgan fingerprint density at radius 3 is 2.46 bits per heavy atom. The number of piperidine rings is 1. The number of para-hydroxylation sites is 1. The van der Waals surface area contributed by atoms with Gasteiger partial charge in [-0.15, -0.1) is 0 Å². The zero-order valence-electron chi connectivity index (χ0n) is 16.1. The molecule has 28 heavy (non-hydrogen) atoms. The summed E-state index contributed by atoms with van der Waals surface area (Å²) < 4.78 is 16.8. The van der Waals surface area contributed by atoms with Crippen molar-refractivity contribution in [3.05, 3.63) is 53.6 Å². The minimum absolute atomic E-state index is 0.114. The fourth-order valence-corrected chi connectivity index (χ4v) is 5.09. The molecule has 2 aromatic rings. The van der Waals surface area contributed by atoms with E-state index in [1.807, 2.05) is 30.3 Å². The zero-order valence-corrected chi connectivity index (χ0v) is 16.1. The second-order valence-corrected chi connectivity index (χ2v) is 7.87. The minimum Gasteiger partial charge on any atom is -0.496 e. The molecule has 2 bridgehead atoms. The Labute approximate surface area is 165 Å². The summed E-state index contributed by atoms with van der Waals surface area (Å²) in [6.07, 6.45) is 4.14. The summed E-state index contributed by atoms with van der Waals surface area (Å²) in [4.78, 5) is 15.4. The van der Waals surface area contributed by atoms with E-state index >= 15 is 0 Å². The lowest BCUT2D eigenvalue weighted by molar-refractivity contribution is 0.0569. The monoisotopic (exact) mass is 379 g/mol. The highest BCUT2D eigenvalue weighted by molar-refractivity contribution is 5.95. The normalized spacial score (nSPS) is 25.5. The molecular weight excluding hydrogens is 354 g/mol. The van der Waals surface area contributed by atoms with Crippen molar-refractivity contribution in [3.63, 3.8) is 0 Å². The maximum atomic E-state index is 13.3. The van der Waals surface area contributed by atoms with Gasteiger partial charge in [-0.1, -0.05) is 18.2 Å². The van der Waals surface area contributed by atoms with Crippen LogP contribution >= 0.6 is 0 Å². The lowest BCUT2D eigenvalue weighted by Gasteiger charge is -2.39. The molecule has 5 nitrogen and oxygen atoms in total. The third kappa shape index (κ3) is 2.89. The van der Waals surface area contributed by atoms with Gasteiger partial charge in [0.25, 0.3) is 5.91 Å². The summed E-state index contributed by atoms with van der Waals surface area (Å²) in [5.74, 6) is 2.91. The van der Waals surface area contributed by atoms with E-state index in [-0.39, 0.29) is 18.0 Å². The summed E-state index contributed by atoms with van der Waals surface area (Å²) in [6.45, 7) is 1.08. The molecule has 0 N–H and O–H groups in total. The molecule has 2 aromatic carbocycles. The molecule has 5 heteroatoms. The van der Waals surface area contributed by atoms with Gasteiger partial charge >= 0.3 is 0 Å².